The van der Waals surface area contributed by atoms with Gasteiger partial charge in [-0.2, -0.15) is 0 Å². The third-order valence-corrected chi connectivity index (χ3v) is 2.19. The number of nitrogens with one attached hydrogen (secondary N) is 1. The summed E-state index contributed by atoms with van der Waals surface area (Å²) in [6.07, 6.45) is 3.23. The molecule has 0 aromatic heterocycles. The smallest absolute Gasteiger partial charge is 0.243 e. The van der Waals surface area contributed by atoms with Crippen LogP contribution in [0.15, 0.2) is 36.4 Å². The molecule has 0 saturated heterocycles. The number of carbonyl (C=O) groups excluding carboxylic acids is 1. The molecule has 3 nitrogen and oxygen atoms in total. The molecule has 0 saturated carbocycles. The summed E-state index contributed by atoms with van der Waals surface area (Å²) in [7, 11) is 1.66. The molecule has 0 fully saturated rings. The van der Waals surface area contributed by atoms with Crippen LogP contribution in [-0.2, 0) is 22.7 Å². The van der Waals surface area contributed by atoms with E-state index in [1.54, 1.807) is 13.2 Å². The van der Waals surface area contributed by atoms with Crippen molar-refractivity contribution in [2.75, 3.05) is 7.11 Å². The van der Waals surface area contributed by atoms with Gasteiger partial charge in [-0.1, -0.05) is 30.3 Å². The first-order valence-electron chi connectivity index (χ1n) is 5.24. The molecular formula is C13H17NO2. The summed E-state index contributed by atoms with van der Waals surface area (Å²) in [6.45, 7) is 2.91. The van der Waals surface area contributed by atoms with Crippen LogP contribution in [0, 0.1) is 0 Å². The van der Waals surface area contributed by atoms with E-state index in [1.807, 2.05) is 31.2 Å². The lowest BCUT2D eigenvalue weighted by Crippen LogP contribution is -2.21. The van der Waals surface area contributed by atoms with Gasteiger partial charge < -0.3 is 10.1 Å². The van der Waals surface area contributed by atoms with Crippen LogP contribution in [0.3, 0.4) is 0 Å². The Kier molecular flexibility index (Phi) is 5.29. The summed E-state index contributed by atoms with van der Waals surface area (Å²) in [5, 5.41) is 2.82. The number of rotatable bonds is 5. The SMILES string of the molecule is CC=CC(=O)NCc1ccccc1COC. The number of hydrogen-bond donors (Lipinski definition) is 1. The van der Waals surface area contributed by atoms with Crippen LogP contribution in [0.25, 0.3) is 0 Å². The van der Waals surface area contributed by atoms with E-state index in [4.69, 9.17) is 4.74 Å². The highest BCUT2D eigenvalue weighted by Crippen LogP contribution is 2.09. The summed E-state index contributed by atoms with van der Waals surface area (Å²) in [6, 6.07) is 7.91. The molecule has 0 heterocycles. The monoisotopic (exact) mass is 219 g/mol. The molecule has 1 N–H and O–H groups in total. The van der Waals surface area contributed by atoms with Gasteiger partial charge in [-0.05, 0) is 24.1 Å². The van der Waals surface area contributed by atoms with Crippen molar-refractivity contribution < 1.29 is 9.53 Å². The Balaban J connectivity index is 2.62. The molecular weight excluding hydrogens is 202 g/mol. The van der Waals surface area contributed by atoms with Gasteiger partial charge in [0.05, 0.1) is 6.61 Å². The number of benzene rings is 1. The number of allylic oxidation sites excluding steroid dienone is 1. The predicted molar refractivity (Wildman–Crippen MR) is 63.8 cm³/mol. The highest BCUT2D eigenvalue weighted by atomic mass is 16.5. The number of hydrogen-bond acceptors (Lipinski definition) is 2. The van der Waals surface area contributed by atoms with E-state index >= 15 is 0 Å². The fourth-order valence-electron chi connectivity index (χ4n) is 1.42. The molecule has 16 heavy (non-hydrogen) atoms. The van der Waals surface area contributed by atoms with Crippen molar-refractivity contribution in [3.8, 4) is 0 Å². The molecule has 0 bridgehead atoms. The van der Waals surface area contributed by atoms with Crippen molar-refractivity contribution in [1.29, 1.82) is 0 Å². The van der Waals surface area contributed by atoms with Crippen LogP contribution < -0.4 is 5.32 Å². The fraction of sp³-hybridized carbons (Fsp3) is 0.308. The topological polar surface area (TPSA) is 38.3 Å². The first-order valence-corrected chi connectivity index (χ1v) is 5.24. The van der Waals surface area contributed by atoms with Gasteiger partial charge in [0.25, 0.3) is 0 Å². The molecule has 1 aromatic rings. The molecule has 1 aromatic carbocycles. The summed E-state index contributed by atoms with van der Waals surface area (Å²) in [5.41, 5.74) is 2.19. The number of ether oxygens (including phenoxy) is 1. The highest BCUT2D eigenvalue weighted by Gasteiger charge is 2.02. The lowest BCUT2D eigenvalue weighted by Gasteiger charge is -2.08. The number of methoxy groups -OCH3 is 1. The Morgan fingerprint density at radius 3 is 2.69 bits per heavy atom. The fourth-order valence-corrected chi connectivity index (χ4v) is 1.42. The van der Waals surface area contributed by atoms with Crippen molar-refractivity contribution in [2.45, 2.75) is 20.1 Å². The predicted octanol–water partition coefficient (Wildman–Crippen LogP) is 2.03. The normalized spacial score (nSPS) is 10.6. The maximum atomic E-state index is 11.3. The average Bonchev–Trinajstić information content (AvgIpc) is 2.29. The number of amides is 1. The Morgan fingerprint density at radius 2 is 2.06 bits per heavy atom. The first-order chi connectivity index (χ1) is 7.77. The van der Waals surface area contributed by atoms with Crippen LogP contribution in [0.2, 0.25) is 0 Å². The van der Waals surface area contributed by atoms with E-state index in [0.29, 0.717) is 13.2 Å². The quantitative estimate of drug-likeness (QED) is 0.769. The third kappa shape index (κ3) is 3.87. The Hall–Kier alpha value is -1.61. The van der Waals surface area contributed by atoms with E-state index < -0.39 is 0 Å². The van der Waals surface area contributed by atoms with Crippen molar-refractivity contribution in [1.82, 2.24) is 5.32 Å². The molecule has 0 aliphatic carbocycles. The molecule has 0 aliphatic rings. The van der Waals surface area contributed by atoms with Crippen LogP contribution in [0.4, 0.5) is 0 Å². The second kappa shape index (κ2) is 6.80. The minimum absolute atomic E-state index is 0.0743. The van der Waals surface area contributed by atoms with Crippen LogP contribution in [0.1, 0.15) is 18.1 Å². The first kappa shape index (κ1) is 12.5. The summed E-state index contributed by atoms with van der Waals surface area (Å²) >= 11 is 0. The van der Waals surface area contributed by atoms with Crippen LogP contribution in [-0.4, -0.2) is 13.0 Å². The van der Waals surface area contributed by atoms with Crippen molar-refractivity contribution in [3.05, 3.63) is 47.5 Å². The summed E-state index contributed by atoms with van der Waals surface area (Å²) in [4.78, 5) is 11.3. The average molecular weight is 219 g/mol. The van der Waals surface area contributed by atoms with Crippen LogP contribution in [0.5, 0.6) is 0 Å². The molecule has 0 spiro atoms. The van der Waals surface area contributed by atoms with Gasteiger partial charge in [0.1, 0.15) is 0 Å². The largest absolute Gasteiger partial charge is 0.380 e. The second-order valence-electron chi connectivity index (χ2n) is 3.42. The van der Waals surface area contributed by atoms with Crippen molar-refractivity contribution >= 4 is 5.91 Å². The van der Waals surface area contributed by atoms with Gasteiger partial charge in [0.15, 0.2) is 0 Å². The molecule has 0 aliphatic heterocycles. The lowest BCUT2D eigenvalue weighted by molar-refractivity contribution is -0.116. The Labute approximate surface area is 96.1 Å². The van der Waals surface area contributed by atoms with Crippen LogP contribution >= 0.6 is 0 Å². The summed E-state index contributed by atoms with van der Waals surface area (Å²) in [5.74, 6) is -0.0743. The van der Waals surface area contributed by atoms with E-state index in [-0.39, 0.29) is 5.91 Å². The van der Waals surface area contributed by atoms with Crippen molar-refractivity contribution in [2.24, 2.45) is 0 Å². The maximum absolute atomic E-state index is 11.3. The zero-order valence-electron chi connectivity index (χ0n) is 9.69. The molecule has 1 amide bonds. The molecule has 0 radical (unpaired) electrons. The minimum atomic E-state index is -0.0743. The Bertz CT molecular complexity index is 372. The molecule has 3 heteroatoms. The molecule has 1 rings (SSSR count). The summed E-state index contributed by atoms with van der Waals surface area (Å²) < 4.78 is 5.10. The highest BCUT2D eigenvalue weighted by molar-refractivity contribution is 5.87. The lowest BCUT2D eigenvalue weighted by atomic mass is 10.1. The van der Waals surface area contributed by atoms with Gasteiger partial charge in [-0.3, -0.25) is 4.79 Å². The zero-order chi connectivity index (χ0) is 11.8. The number of carbonyl (C=O) groups is 1. The van der Waals surface area contributed by atoms with Gasteiger partial charge in [0.2, 0.25) is 5.91 Å². The molecule has 0 unspecified atom stereocenters. The molecule has 0 atom stereocenters. The van der Waals surface area contributed by atoms with E-state index in [2.05, 4.69) is 5.32 Å². The molecule has 86 valence electrons. The maximum Gasteiger partial charge on any atom is 0.243 e. The van der Waals surface area contributed by atoms with Crippen molar-refractivity contribution in [3.63, 3.8) is 0 Å². The minimum Gasteiger partial charge on any atom is -0.380 e. The third-order valence-electron chi connectivity index (χ3n) is 2.19. The zero-order valence-corrected chi connectivity index (χ0v) is 9.69. The van der Waals surface area contributed by atoms with Gasteiger partial charge in [-0.25, -0.2) is 0 Å². The standard InChI is InChI=1S/C13H17NO2/c1-3-6-13(15)14-9-11-7-4-5-8-12(11)10-16-2/h3-8H,9-10H2,1-2H3,(H,14,15). The van der Waals surface area contributed by atoms with Gasteiger partial charge >= 0.3 is 0 Å². The van der Waals surface area contributed by atoms with E-state index in [9.17, 15) is 4.79 Å². The van der Waals surface area contributed by atoms with Gasteiger partial charge in [-0.15, -0.1) is 0 Å². The van der Waals surface area contributed by atoms with E-state index in [0.717, 1.165) is 11.1 Å². The second-order valence-corrected chi connectivity index (χ2v) is 3.42. The van der Waals surface area contributed by atoms with E-state index in [1.165, 1.54) is 6.08 Å². The Morgan fingerprint density at radius 1 is 1.38 bits per heavy atom. The van der Waals surface area contributed by atoms with Gasteiger partial charge in [0, 0.05) is 13.7 Å².